The van der Waals surface area contributed by atoms with Gasteiger partial charge in [-0.05, 0) is 49.7 Å². The Balaban J connectivity index is 1.95. The van der Waals surface area contributed by atoms with Crippen molar-refractivity contribution in [1.29, 1.82) is 0 Å². The number of carbonyl (C=O) groups excluding carboxylic acids is 3. The second-order valence-corrected chi connectivity index (χ2v) is 7.88. The molecule has 0 heterocycles. The quantitative estimate of drug-likeness (QED) is 0.458. The number of carbonyl (C=O) groups is 3. The molecule has 7 heteroatoms. The van der Waals surface area contributed by atoms with E-state index in [-0.39, 0.29) is 17.1 Å². The molecule has 0 spiro atoms. The number of methoxy groups -OCH3 is 1. The number of nitrogens with one attached hydrogen (secondary N) is 2. The summed E-state index contributed by atoms with van der Waals surface area (Å²) in [6.07, 6.45) is 2.36. The molecule has 0 aliphatic rings. The Morgan fingerprint density at radius 3 is 2.38 bits per heavy atom. The molecule has 29 heavy (non-hydrogen) atoms. The number of hydrogen-bond donors (Lipinski definition) is 2. The van der Waals surface area contributed by atoms with Crippen molar-refractivity contribution in [2.75, 3.05) is 17.7 Å². The van der Waals surface area contributed by atoms with Crippen molar-refractivity contribution in [3.63, 3.8) is 0 Å². The molecule has 0 saturated heterocycles. The van der Waals surface area contributed by atoms with Crippen LogP contribution in [0, 0.1) is 0 Å². The second kappa shape index (κ2) is 11.3. The summed E-state index contributed by atoms with van der Waals surface area (Å²) in [5.74, 6) is -0.717. The molecule has 2 N–H and O–H groups in total. The molecule has 2 aromatic carbocycles. The van der Waals surface area contributed by atoms with E-state index in [1.807, 2.05) is 31.2 Å². The zero-order valence-electron chi connectivity index (χ0n) is 16.9. The summed E-state index contributed by atoms with van der Waals surface area (Å²) in [5, 5.41) is 5.27. The van der Waals surface area contributed by atoms with E-state index in [0.29, 0.717) is 17.7 Å². The first-order valence-electron chi connectivity index (χ1n) is 9.49. The number of para-hydroxylation sites is 1. The molecule has 2 rings (SSSR count). The third-order valence-corrected chi connectivity index (χ3v) is 5.28. The summed E-state index contributed by atoms with van der Waals surface area (Å²) in [6, 6.07) is 14.1. The highest BCUT2D eigenvalue weighted by Crippen LogP contribution is 2.26. The maximum atomic E-state index is 12.6. The molecular formula is C22H26N2O4S. The highest BCUT2D eigenvalue weighted by Gasteiger charge is 2.18. The minimum absolute atomic E-state index is 0.00395. The highest BCUT2D eigenvalue weighted by molar-refractivity contribution is 8.00. The van der Waals surface area contributed by atoms with E-state index in [1.165, 1.54) is 18.9 Å². The Hall–Kier alpha value is -2.80. The van der Waals surface area contributed by atoms with Gasteiger partial charge in [-0.1, -0.05) is 25.5 Å². The number of amides is 2. The van der Waals surface area contributed by atoms with Crippen LogP contribution in [-0.2, 0) is 14.3 Å². The smallest absolute Gasteiger partial charge is 0.339 e. The van der Waals surface area contributed by atoms with Gasteiger partial charge in [0.15, 0.2) is 0 Å². The molecular weight excluding hydrogens is 388 g/mol. The van der Waals surface area contributed by atoms with Gasteiger partial charge in [0.2, 0.25) is 11.8 Å². The number of hydrogen-bond acceptors (Lipinski definition) is 5. The number of esters is 1. The monoisotopic (exact) mass is 414 g/mol. The summed E-state index contributed by atoms with van der Waals surface area (Å²) >= 11 is 1.39. The van der Waals surface area contributed by atoms with Gasteiger partial charge in [0.25, 0.3) is 0 Å². The van der Waals surface area contributed by atoms with Crippen LogP contribution in [0.4, 0.5) is 11.4 Å². The van der Waals surface area contributed by atoms with Crippen molar-refractivity contribution < 1.29 is 19.1 Å². The molecule has 1 atom stereocenters. The second-order valence-electron chi connectivity index (χ2n) is 6.46. The van der Waals surface area contributed by atoms with E-state index in [1.54, 1.807) is 31.2 Å². The van der Waals surface area contributed by atoms with Gasteiger partial charge in [-0.3, -0.25) is 9.59 Å². The van der Waals surface area contributed by atoms with Crippen molar-refractivity contribution in [1.82, 2.24) is 0 Å². The van der Waals surface area contributed by atoms with E-state index < -0.39 is 5.97 Å². The van der Waals surface area contributed by atoms with Gasteiger partial charge in [-0.25, -0.2) is 4.79 Å². The minimum atomic E-state index is -0.502. The molecule has 0 aliphatic carbocycles. The lowest BCUT2D eigenvalue weighted by Gasteiger charge is -2.14. The molecule has 154 valence electrons. The molecule has 0 radical (unpaired) electrons. The number of benzene rings is 2. The lowest BCUT2D eigenvalue weighted by Crippen LogP contribution is -2.23. The van der Waals surface area contributed by atoms with Gasteiger partial charge in [0, 0.05) is 17.0 Å². The zero-order chi connectivity index (χ0) is 21.2. The van der Waals surface area contributed by atoms with Crippen LogP contribution in [0.2, 0.25) is 0 Å². The van der Waals surface area contributed by atoms with Crippen molar-refractivity contribution in [3.05, 3.63) is 54.1 Å². The van der Waals surface area contributed by atoms with Crippen molar-refractivity contribution >= 4 is 40.9 Å². The fourth-order valence-electron chi connectivity index (χ4n) is 2.55. The molecule has 1 unspecified atom stereocenters. The topological polar surface area (TPSA) is 84.5 Å². The average Bonchev–Trinajstić information content (AvgIpc) is 2.73. The van der Waals surface area contributed by atoms with Gasteiger partial charge in [0.05, 0.1) is 23.6 Å². The molecule has 0 bridgehead atoms. The molecule has 0 aromatic heterocycles. The summed E-state index contributed by atoms with van der Waals surface area (Å²) in [6.45, 7) is 3.84. The number of rotatable bonds is 9. The van der Waals surface area contributed by atoms with E-state index in [2.05, 4.69) is 10.6 Å². The Morgan fingerprint density at radius 2 is 1.72 bits per heavy atom. The van der Waals surface area contributed by atoms with Gasteiger partial charge in [-0.15, -0.1) is 11.8 Å². The van der Waals surface area contributed by atoms with Gasteiger partial charge in [-0.2, -0.15) is 0 Å². The van der Waals surface area contributed by atoms with Crippen LogP contribution in [0.1, 0.15) is 43.5 Å². The lowest BCUT2D eigenvalue weighted by molar-refractivity contribution is -0.116. The third kappa shape index (κ3) is 6.94. The largest absolute Gasteiger partial charge is 0.465 e. The standard InChI is InChI=1S/C22H26N2O4S/c1-4-5-10-20(25)23-16-11-13-17(14-12-16)29-15(2)21(26)24-19-9-7-6-8-18(19)22(27)28-3/h6-9,11-15H,4-5,10H2,1-3H3,(H,23,25)(H,24,26). The highest BCUT2D eigenvalue weighted by atomic mass is 32.2. The van der Waals surface area contributed by atoms with Crippen LogP contribution in [-0.4, -0.2) is 30.1 Å². The van der Waals surface area contributed by atoms with Crippen LogP contribution in [0.15, 0.2) is 53.4 Å². The maximum absolute atomic E-state index is 12.6. The minimum Gasteiger partial charge on any atom is -0.465 e. The van der Waals surface area contributed by atoms with Crippen molar-refractivity contribution in [2.45, 2.75) is 43.3 Å². The molecule has 0 aliphatic heterocycles. The summed E-state index contributed by atoms with van der Waals surface area (Å²) in [5.41, 5.74) is 1.46. The third-order valence-electron chi connectivity index (χ3n) is 4.17. The predicted molar refractivity (Wildman–Crippen MR) is 116 cm³/mol. The number of unbranched alkanes of at least 4 members (excludes halogenated alkanes) is 1. The molecule has 6 nitrogen and oxygen atoms in total. The van der Waals surface area contributed by atoms with Gasteiger partial charge < -0.3 is 15.4 Å². The first kappa shape index (κ1) is 22.5. The van der Waals surface area contributed by atoms with Crippen LogP contribution in [0.5, 0.6) is 0 Å². The summed E-state index contributed by atoms with van der Waals surface area (Å²) < 4.78 is 4.75. The average molecular weight is 415 g/mol. The van der Waals surface area contributed by atoms with E-state index in [9.17, 15) is 14.4 Å². The Kier molecular flexibility index (Phi) is 8.73. The first-order valence-corrected chi connectivity index (χ1v) is 10.4. The number of anilines is 2. The van der Waals surface area contributed by atoms with Crippen molar-refractivity contribution in [2.24, 2.45) is 0 Å². The van der Waals surface area contributed by atoms with E-state index in [4.69, 9.17) is 4.74 Å². The fraction of sp³-hybridized carbons (Fsp3) is 0.318. The molecule has 2 amide bonds. The molecule has 0 fully saturated rings. The van der Waals surface area contributed by atoms with E-state index >= 15 is 0 Å². The van der Waals surface area contributed by atoms with Gasteiger partial charge >= 0.3 is 5.97 Å². The lowest BCUT2D eigenvalue weighted by atomic mass is 10.2. The fourth-order valence-corrected chi connectivity index (χ4v) is 3.42. The Morgan fingerprint density at radius 1 is 1.03 bits per heavy atom. The summed E-state index contributed by atoms with van der Waals surface area (Å²) in [7, 11) is 1.30. The van der Waals surface area contributed by atoms with E-state index in [0.717, 1.165) is 23.4 Å². The maximum Gasteiger partial charge on any atom is 0.339 e. The van der Waals surface area contributed by atoms with Crippen LogP contribution >= 0.6 is 11.8 Å². The van der Waals surface area contributed by atoms with Crippen molar-refractivity contribution in [3.8, 4) is 0 Å². The molecule has 0 saturated carbocycles. The molecule has 2 aromatic rings. The Bertz CT molecular complexity index is 852. The predicted octanol–water partition coefficient (Wildman–Crippen LogP) is 4.72. The Labute approximate surface area is 175 Å². The van der Waals surface area contributed by atoms with Gasteiger partial charge in [0.1, 0.15) is 0 Å². The number of ether oxygens (including phenoxy) is 1. The SMILES string of the molecule is CCCCC(=O)Nc1ccc(SC(C)C(=O)Nc2ccccc2C(=O)OC)cc1. The van der Waals surface area contributed by atoms with Crippen LogP contribution in [0.3, 0.4) is 0 Å². The van der Waals surface area contributed by atoms with Crippen LogP contribution in [0.25, 0.3) is 0 Å². The normalized spacial score (nSPS) is 11.4. The first-order chi connectivity index (χ1) is 13.9. The zero-order valence-corrected chi connectivity index (χ0v) is 17.7. The number of thioether (sulfide) groups is 1. The summed E-state index contributed by atoms with van der Waals surface area (Å²) in [4.78, 5) is 37.1. The van der Waals surface area contributed by atoms with Crippen LogP contribution < -0.4 is 10.6 Å².